The zero-order chi connectivity index (χ0) is 22.5. The van der Waals surface area contributed by atoms with Crippen molar-refractivity contribution in [3.63, 3.8) is 0 Å². The minimum absolute atomic E-state index is 0.116. The molecule has 7 nitrogen and oxygen atoms in total. The Bertz CT molecular complexity index is 977. The highest BCUT2D eigenvalue weighted by atomic mass is 32.1. The van der Waals surface area contributed by atoms with Gasteiger partial charge in [0.05, 0.1) is 25.6 Å². The number of nitrogens with zero attached hydrogens (tertiary/aromatic N) is 2. The third-order valence-electron chi connectivity index (χ3n) is 5.72. The molecule has 31 heavy (non-hydrogen) atoms. The number of carbonyl (C=O) groups is 3. The average molecular weight is 444 g/mol. The van der Waals surface area contributed by atoms with Crippen LogP contribution in [0.15, 0.2) is 24.3 Å². The molecule has 0 spiro atoms. The third kappa shape index (κ3) is 5.51. The molecule has 0 radical (unpaired) electrons. The topological polar surface area (TPSA) is 79.0 Å². The molecule has 1 aromatic heterocycles. The van der Waals surface area contributed by atoms with Crippen molar-refractivity contribution in [2.45, 2.75) is 27.2 Å². The number of rotatable bonds is 6. The Labute approximate surface area is 187 Å². The Hall–Kier alpha value is -2.71. The predicted octanol–water partition coefficient (Wildman–Crippen LogP) is 2.79. The van der Waals surface area contributed by atoms with E-state index in [-0.39, 0.29) is 18.4 Å². The van der Waals surface area contributed by atoms with Crippen LogP contribution in [0.5, 0.6) is 0 Å². The first-order valence-electron chi connectivity index (χ1n) is 10.3. The van der Waals surface area contributed by atoms with Crippen LogP contribution in [0.25, 0.3) is 0 Å². The van der Waals surface area contributed by atoms with Gasteiger partial charge in [-0.3, -0.25) is 14.5 Å². The lowest BCUT2D eigenvalue weighted by molar-refractivity contribution is -0.132. The number of hydrogen-bond acceptors (Lipinski definition) is 6. The van der Waals surface area contributed by atoms with Crippen LogP contribution in [0.4, 0.5) is 5.00 Å². The normalized spacial score (nSPS) is 14.4. The summed E-state index contributed by atoms with van der Waals surface area (Å²) in [5, 5.41) is 3.39. The van der Waals surface area contributed by atoms with Crippen molar-refractivity contribution in [3.05, 3.63) is 51.4 Å². The van der Waals surface area contributed by atoms with Crippen LogP contribution in [0.2, 0.25) is 0 Å². The lowest BCUT2D eigenvalue weighted by Crippen LogP contribution is -2.50. The second-order valence-electron chi connectivity index (χ2n) is 7.79. The number of carbonyl (C=O) groups excluding carboxylic acids is 3. The molecule has 0 atom stereocenters. The number of esters is 1. The maximum absolute atomic E-state index is 12.6. The molecule has 1 N–H and O–H groups in total. The highest BCUT2D eigenvalue weighted by Gasteiger charge is 2.25. The second kappa shape index (κ2) is 10.1. The summed E-state index contributed by atoms with van der Waals surface area (Å²) in [6.45, 7) is 8.47. The van der Waals surface area contributed by atoms with E-state index < -0.39 is 5.97 Å². The number of nitrogens with one attached hydrogen (secondary N) is 1. The van der Waals surface area contributed by atoms with Gasteiger partial charge in [0, 0.05) is 31.1 Å². The molecule has 3 rings (SSSR count). The number of thiophene rings is 1. The SMILES string of the molecule is COC(=O)c1c(NC(=O)CN2CCN(C(=O)Cc3ccccc3C)CC2)sc(C)c1C. The van der Waals surface area contributed by atoms with Gasteiger partial charge in [-0.1, -0.05) is 24.3 Å². The average Bonchev–Trinajstić information content (AvgIpc) is 3.02. The van der Waals surface area contributed by atoms with Gasteiger partial charge in [0.2, 0.25) is 11.8 Å². The molecule has 0 aliphatic carbocycles. The molecule has 2 amide bonds. The van der Waals surface area contributed by atoms with Gasteiger partial charge in [0.25, 0.3) is 0 Å². The van der Waals surface area contributed by atoms with Crippen molar-refractivity contribution in [2.24, 2.45) is 0 Å². The van der Waals surface area contributed by atoms with Crippen LogP contribution >= 0.6 is 11.3 Å². The monoisotopic (exact) mass is 443 g/mol. The highest BCUT2D eigenvalue weighted by molar-refractivity contribution is 7.16. The first kappa shape index (κ1) is 23.0. The van der Waals surface area contributed by atoms with Crippen molar-refractivity contribution in [1.29, 1.82) is 0 Å². The fourth-order valence-electron chi connectivity index (χ4n) is 3.67. The van der Waals surface area contributed by atoms with Gasteiger partial charge in [-0.05, 0) is 37.5 Å². The quantitative estimate of drug-likeness (QED) is 0.695. The molecule has 2 heterocycles. The van der Waals surface area contributed by atoms with E-state index in [0.29, 0.717) is 43.2 Å². The number of amides is 2. The number of aryl methyl sites for hydroxylation is 2. The Morgan fingerprint density at radius 1 is 1.06 bits per heavy atom. The second-order valence-corrected chi connectivity index (χ2v) is 9.01. The summed E-state index contributed by atoms with van der Waals surface area (Å²) in [6.07, 6.45) is 0.403. The van der Waals surface area contributed by atoms with E-state index in [4.69, 9.17) is 4.74 Å². The van der Waals surface area contributed by atoms with E-state index in [1.54, 1.807) is 0 Å². The van der Waals surface area contributed by atoms with Gasteiger partial charge in [-0.25, -0.2) is 4.79 Å². The highest BCUT2D eigenvalue weighted by Crippen LogP contribution is 2.32. The molecule has 1 aromatic carbocycles. The molecule has 1 aliphatic heterocycles. The molecule has 0 bridgehead atoms. The smallest absolute Gasteiger partial charge is 0.341 e. The lowest BCUT2D eigenvalue weighted by atomic mass is 10.1. The Morgan fingerprint density at radius 2 is 1.74 bits per heavy atom. The summed E-state index contributed by atoms with van der Waals surface area (Å²) in [4.78, 5) is 42.2. The summed E-state index contributed by atoms with van der Waals surface area (Å²) in [7, 11) is 1.33. The summed E-state index contributed by atoms with van der Waals surface area (Å²) in [5.74, 6) is -0.505. The van der Waals surface area contributed by atoms with Gasteiger partial charge in [0.15, 0.2) is 0 Å². The Kier molecular flexibility index (Phi) is 7.46. The molecule has 166 valence electrons. The minimum atomic E-state index is -0.446. The molecule has 1 fully saturated rings. The lowest BCUT2D eigenvalue weighted by Gasteiger charge is -2.34. The van der Waals surface area contributed by atoms with Crippen LogP contribution in [-0.2, 0) is 20.7 Å². The molecular weight excluding hydrogens is 414 g/mol. The first-order valence-corrected chi connectivity index (χ1v) is 11.1. The van der Waals surface area contributed by atoms with E-state index in [2.05, 4.69) is 5.32 Å². The van der Waals surface area contributed by atoms with E-state index in [9.17, 15) is 14.4 Å². The largest absolute Gasteiger partial charge is 0.465 e. The van der Waals surface area contributed by atoms with Crippen molar-refractivity contribution in [3.8, 4) is 0 Å². The number of benzene rings is 1. The van der Waals surface area contributed by atoms with Crippen LogP contribution < -0.4 is 5.32 Å². The summed E-state index contributed by atoms with van der Waals surface area (Å²) >= 11 is 1.38. The zero-order valence-electron chi connectivity index (χ0n) is 18.5. The Morgan fingerprint density at radius 3 is 2.39 bits per heavy atom. The molecule has 0 unspecified atom stereocenters. The maximum Gasteiger partial charge on any atom is 0.341 e. The van der Waals surface area contributed by atoms with E-state index >= 15 is 0 Å². The number of anilines is 1. The fraction of sp³-hybridized carbons (Fsp3) is 0.435. The summed E-state index contributed by atoms with van der Waals surface area (Å²) < 4.78 is 4.86. The van der Waals surface area contributed by atoms with Crippen molar-refractivity contribution >= 4 is 34.1 Å². The maximum atomic E-state index is 12.6. The minimum Gasteiger partial charge on any atom is -0.465 e. The van der Waals surface area contributed by atoms with Crippen molar-refractivity contribution in [2.75, 3.05) is 45.2 Å². The molecule has 0 saturated carbocycles. The molecule has 1 aliphatic rings. The molecule has 1 saturated heterocycles. The third-order valence-corrected chi connectivity index (χ3v) is 6.85. The first-order chi connectivity index (χ1) is 14.8. The van der Waals surface area contributed by atoms with E-state index in [1.165, 1.54) is 18.4 Å². The van der Waals surface area contributed by atoms with Gasteiger partial charge >= 0.3 is 5.97 Å². The molecular formula is C23H29N3O4S. The van der Waals surface area contributed by atoms with Gasteiger partial charge in [0.1, 0.15) is 5.00 Å². The van der Waals surface area contributed by atoms with Crippen LogP contribution in [0.1, 0.15) is 31.9 Å². The summed E-state index contributed by atoms with van der Waals surface area (Å²) in [6, 6.07) is 7.93. The fourth-order valence-corrected chi connectivity index (χ4v) is 4.74. The molecule has 2 aromatic rings. The van der Waals surface area contributed by atoms with Crippen molar-refractivity contribution < 1.29 is 19.1 Å². The van der Waals surface area contributed by atoms with Crippen LogP contribution in [0, 0.1) is 20.8 Å². The Balaban J connectivity index is 1.52. The number of methoxy groups -OCH3 is 1. The van der Waals surface area contributed by atoms with Crippen molar-refractivity contribution in [1.82, 2.24) is 9.80 Å². The number of piperazine rings is 1. The van der Waals surface area contributed by atoms with Crippen LogP contribution in [0.3, 0.4) is 0 Å². The standard InChI is InChI=1S/C23H29N3O4S/c1-15-7-5-6-8-18(15)13-20(28)26-11-9-25(10-12-26)14-19(27)24-22-21(23(29)30-4)16(2)17(3)31-22/h5-8H,9-14H2,1-4H3,(H,24,27). The predicted molar refractivity (Wildman–Crippen MR) is 122 cm³/mol. The van der Waals surface area contributed by atoms with Gasteiger partial charge in [-0.2, -0.15) is 0 Å². The number of ether oxygens (including phenoxy) is 1. The van der Waals surface area contributed by atoms with Crippen LogP contribution in [-0.4, -0.2) is 67.4 Å². The number of hydrogen-bond donors (Lipinski definition) is 1. The zero-order valence-corrected chi connectivity index (χ0v) is 19.3. The van der Waals surface area contributed by atoms with E-state index in [0.717, 1.165) is 21.6 Å². The summed E-state index contributed by atoms with van der Waals surface area (Å²) in [5.41, 5.74) is 3.42. The van der Waals surface area contributed by atoms with Gasteiger partial charge < -0.3 is 15.0 Å². The van der Waals surface area contributed by atoms with Gasteiger partial charge in [-0.15, -0.1) is 11.3 Å². The van der Waals surface area contributed by atoms with E-state index in [1.807, 2.05) is 54.8 Å². The molecule has 8 heteroatoms.